The summed E-state index contributed by atoms with van der Waals surface area (Å²) in [7, 11) is 1.49. The number of halogens is 2. The van der Waals surface area contributed by atoms with Crippen molar-refractivity contribution in [3.05, 3.63) is 70.3 Å². The molecule has 7 heteroatoms. The van der Waals surface area contributed by atoms with Gasteiger partial charge in [0.2, 0.25) is 5.91 Å². The Balaban J connectivity index is 1.71. The summed E-state index contributed by atoms with van der Waals surface area (Å²) in [6.07, 6.45) is 0.00679. The van der Waals surface area contributed by atoms with Crippen LogP contribution < -0.4 is 10.6 Å². The lowest BCUT2D eigenvalue weighted by atomic mass is 9.92. The first-order chi connectivity index (χ1) is 14.4. The van der Waals surface area contributed by atoms with Crippen LogP contribution in [0.3, 0.4) is 0 Å². The fourth-order valence-corrected chi connectivity index (χ4v) is 4.98. The summed E-state index contributed by atoms with van der Waals surface area (Å²) < 4.78 is 27.1. The number of fused-ring (bicyclic) bond motifs is 1. The summed E-state index contributed by atoms with van der Waals surface area (Å²) in [5.41, 5.74) is 4.13. The van der Waals surface area contributed by atoms with Crippen LogP contribution in [0, 0.1) is 17.6 Å². The predicted octanol–water partition coefficient (Wildman–Crippen LogP) is 3.37. The van der Waals surface area contributed by atoms with Crippen LogP contribution in [0.1, 0.15) is 35.2 Å². The lowest BCUT2D eigenvalue weighted by Gasteiger charge is -2.29. The summed E-state index contributed by atoms with van der Waals surface area (Å²) >= 11 is 1.83. The van der Waals surface area contributed by atoms with Gasteiger partial charge in [0.1, 0.15) is 11.6 Å². The standard InChI is InChI=1S/C23H28F2N2O2S/c1-3-14-4-5-16-12-30-13-21(19(16)8-14)27-11-22(28)20(23(29)26-2)9-15-6-17(24)10-18(25)7-15/h4-8,10,20-22,27-28H,3,9,11-13H2,1-2H3,(H,26,29). The molecule has 0 aliphatic carbocycles. The molecule has 0 saturated carbocycles. The summed E-state index contributed by atoms with van der Waals surface area (Å²) in [5.74, 6) is -0.729. The van der Waals surface area contributed by atoms with E-state index >= 15 is 0 Å². The van der Waals surface area contributed by atoms with Gasteiger partial charge in [-0.1, -0.05) is 25.1 Å². The zero-order valence-electron chi connectivity index (χ0n) is 17.3. The van der Waals surface area contributed by atoms with Gasteiger partial charge in [0.15, 0.2) is 0 Å². The van der Waals surface area contributed by atoms with Crippen LogP contribution in [0.5, 0.6) is 0 Å². The minimum absolute atomic E-state index is 0.0488. The fourth-order valence-electron chi connectivity index (χ4n) is 3.84. The predicted molar refractivity (Wildman–Crippen MR) is 116 cm³/mol. The maximum atomic E-state index is 13.5. The highest BCUT2D eigenvalue weighted by molar-refractivity contribution is 7.98. The number of thioether (sulfide) groups is 1. The second-order valence-electron chi connectivity index (χ2n) is 7.63. The van der Waals surface area contributed by atoms with Crippen LogP contribution in [0.25, 0.3) is 0 Å². The van der Waals surface area contributed by atoms with E-state index in [1.165, 1.54) is 35.9 Å². The van der Waals surface area contributed by atoms with Crippen molar-refractivity contribution in [2.24, 2.45) is 5.92 Å². The number of hydrogen-bond donors (Lipinski definition) is 3. The van der Waals surface area contributed by atoms with Gasteiger partial charge >= 0.3 is 0 Å². The molecule has 1 heterocycles. The largest absolute Gasteiger partial charge is 0.391 e. The highest BCUT2D eigenvalue weighted by Gasteiger charge is 2.28. The first kappa shape index (κ1) is 22.7. The van der Waals surface area contributed by atoms with Crippen LogP contribution in [-0.4, -0.2) is 36.5 Å². The zero-order chi connectivity index (χ0) is 21.7. The number of carbonyl (C=O) groups excluding carboxylic acids is 1. The van der Waals surface area contributed by atoms with E-state index in [9.17, 15) is 18.7 Å². The van der Waals surface area contributed by atoms with E-state index in [2.05, 4.69) is 35.8 Å². The Morgan fingerprint density at radius 2 is 1.93 bits per heavy atom. The SMILES string of the molecule is CCc1ccc2c(c1)C(NCC(O)C(Cc1cc(F)cc(F)c1)C(=O)NC)CSC2. The molecule has 3 rings (SSSR count). The fraction of sp³-hybridized carbons (Fsp3) is 0.435. The van der Waals surface area contributed by atoms with Gasteiger partial charge < -0.3 is 15.7 Å². The number of benzene rings is 2. The van der Waals surface area contributed by atoms with Gasteiger partial charge in [0.05, 0.1) is 12.0 Å². The van der Waals surface area contributed by atoms with Crippen molar-refractivity contribution in [2.75, 3.05) is 19.3 Å². The van der Waals surface area contributed by atoms with Crippen LogP contribution in [0.2, 0.25) is 0 Å². The third kappa shape index (κ3) is 5.59. The molecule has 3 N–H and O–H groups in total. The molecule has 2 aromatic rings. The maximum Gasteiger partial charge on any atom is 0.225 e. The molecule has 162 valence electrons. The molecule has 0 fully saturated rings. The van der Waals surface area contributed by atoms with E-state index in [1.807, 2.05) is 11.8 Å². The van der Waals surface area contributed by atoms with Gasteiger partial charge in [-0.05, 0) is 47.2 Å². The number of rotatable bonds is 8. The molecule has 3 atom stereocenters. The molecular formula is C23H28F2N2O2S. The quantitative estimate of drug-likeness (QED) is 0.596. The average molecular weight is 435 g/mol. The van der Waals surface area contributed by atoms with Crippen LogP contribution in [-0.2, 0) is 23.4 Å². The molecule has 2 aromatic carbocycles. The number of nitrogens with one attached hydrogen (secondary N) is 2. The smallest absolute Gasteiger partial charge is 0.225 e. The third-order valence-electron chi connectivity index (χ3n) is 5.54. The molecule has 0 aromatic heterocycles. The molecule has 3 unspecified atom stereocenters. The lowest BCUT2D eigenvalue weighted by Crippen LogP contribution is -2.43. The maximum absolute atomic E-state index is 13.5. The summed E-state index contributed by atoms with van der Waals surface area (Å²) in [6.45, 7) is 2.33. The van der Waals surface area contributed by atoms with Gasteiger partial charge in [0.25, 0.3) is 0 Å². The Morgan fingerprint density at radius 3 is 2.60 bits per heavy atom. The van der Waals surface area contributed by atoms with Crippen molar-refractivity contribution in [1.29, 1.82) is 0 Å². The molecular weight excluding hydrogens is 406 g/mol. The highest BCUT2D eigenvalue weighted by Crippen LogP contribution is 2.32. The second-order valence-corrected chi connectivity index (χ2v) is 8.66. The number of carbonyl (C=O) groups is 1. The number of aryl methyl sites for hydroxylation is 1. The minimum Gasteiger partial charge on any atom is -0.391 e. The molecule has 0 spiro atoms. The van der Waals surface area contributed by atoms with Gasteiger partial charge in [-0.15, -0.1) is 0 Å². The minimum atomic E-state index is -0.999. The van der Waals surface area contributed by atoms with Gasteiger partial charge in [-0.25, -0.2) is 8.78 Å². The Morgan fingerprint density at radius 1 is 1.20 bits per heavy atom. The van der Waals surface area contributed by atoms with E-state index in [-0.39, 0.29) is 24.9 Å². The second kappa shape index (κ2) is 10.4. The van der Waals surface area contributed by atoms with E-state index in [4.69, 9.17) is 0 Å². The lowest BCUT2D eigenvalue weighted by molar-refractivity contribution is -0.128. The molecule has 0 radical (unpaired) electrons. The van der Waals surface area contributed by atoms with Crippen molar-refractivity contribution in [3.8, 4) is 0 Å². The number of hydrogen-bond acceptors (Lipinski definition) is 4. The number of aliphatic hydroxyl groups excluding tert-OH is 1. The molecule has 4 nitrogen and oxygen atoms in total. The number of aliphatic hydroxyl groups is 1. The van der Waals surface area contributed by atoms with E-state index in [0.29, 0.717) is 5.56 Å². The Labute approximate surface area is 180 Å². The Kier molecular flexibility index (Phi) is 7.86. The zero-order valence-corrected chi connectivity index (χ0v) is 18.1. The Bertz CT molecular complexity index is 873. The van der Waals surface area contributed by atoms with Gasteiger partial charge in [0, 0.05) is 37.2 Å². The highest BCUT2D eigenvalue weighted by atomic mass is 32.2. The van der Waals surface area contributed by atoms with E-state index in [1.54, 1.807) is 0 Å². The summed E-state index contributed by atoms with van der Waals surface area (Å²) in [5, 5.41) is 16.7. The van der Waals surface area contributed by atoms with Crippen molar-refractivity contribution in [2.45, 2.75) is 37.7 Å². The van der Waals surface area contributed by atoms with Crippen LogP contribution in [0.4, 0.5) is 8.78 Å². The molecule has 30 heavy (non-hydrogen) atoms. The average Bonchev–Trinajstić information content (AvgIpc) is 2.74. The van der Waals surface area contributed by atoms with E-state index in [0.717, 1.165) is 24.0 Å². The first-order valence-electron chi connectivity index (χ1n) is 10.2. The third-order valence-corrected chi connectivity index (χ3v) is 6.62. The van der Waals surface area contributed by atoms with Crippen molar-refractivity contribution < 1.29 is 18.7 Å². The Hall–Kier alpha value is -1.96. The van der Waals surface area contributed by atoms with Gasteiger partial charge in [-0.2, -0.15) is 11.8 Å². The van der Waals surface area contributed by atoms with E-state index < -0.39 is 23.7 Å². The topological polar surface area (TPSA) is 61.4 Å². The van der Waals surface area contributed by atoms with Crippen LogP contribution >= 0.6 is 11.8 Å². The first-order valence-corrected chi connectivity index (χ1v) is 11.3. The number of amides is 1. The van der Waals surface area contributed by atoms with Crippen molar-refractivity contribution in [3.63, 3.8) is 0 Å². The molecule has 1 amide bonds. The van der Waals surface area contributed by atoms with Gasteiger partial charge in [-0.3, -0.25) is 4.79 Å². The summed E-state index contributed by atoms with van der Waals surface area (Å²) in [4.78, 5) is 12.4. The monoisotopic (exact) mass is 434 g/mol. The summed E-state index contributed by atoms with van der Waals surface area (Å²) in [6, 6.07) is 9.79. The van der Waals surface area contributed by atoms with Crippen molar-refractivity contribution >= 4 is 17.7 Å². The molecule has 0 saturated heterocycles. The van der Waals surface area contributed by atoms with Crippen molar-refractivity contribution in [1.82, 2.24) is 10.6 Å². The molecule has 1 aliphatic heterocycles. The van der Waals surface area contributed by atoms with Crippen LogP contribution in [0.15, 0.2) is 36.4 Å². The normalized spacial score (nSPS) is 17.8. The molecule has 0 bridgehead atoms. The molecule has 1 aliphatic rings.